The Hall–Kier alpha value is -2.10. The molecule has 0 saturated heterocycles. The molecule has 0 unspecified atom stereocenters. The predicted molar refractivity (Wildman–Crippen MR) is 76.9 cm³/mol. The van der Waals surface area contributed by atoms with Gasteiger partial charge in [0.25, 0.3) is 0 Å². The summed E-state index contributed by atoms with van der Waals surface area (Å²) in [5, 5.41) is 3.22. The lowest BCUT2D eigenvalue weighted by Gasteiger charge is -2.12. The van der Waals surface area contributed by atoms with Gasteiger partial charge in [0.1, 0.15) is 17.4 Å². The van der Waals surface area contributed by atoms with Crippen LogP contribution in [0.5, 0.6) is 11.6 Å². The predicted octanol–water partition coefficient (Wildman–Crippen LogP) is 3.63. The maximum absolute atomic E-state index is 5.84. The number of aromatic nitrogens is 2. The van der Waals surface area contributed by atoms with Gasteiger partial charge in [0.05, 0.1) is 5.56 Å². The molecule has 4 nitrogen and oxygen atoms in total. The van der Waals surface area contributed by atoms with Gasteiger partial charge in [-0.2, -0.15) is 4.98 Å². The minimum atomic E-state index is 0.604. The number of nitrogens with one attached hydrogen (secondary N) is 1. The fourth-order valence-corrected chi connectivity index (χ4v) is 1.76. The SMILES string of the molecule is CCNc1nc(C)nc(Oc2ccc(C)cc2)c1C. The van der Waals surface area contributed by atoms with Crippen molar-refractivity contribution in [1.82, 2.24) is 9.97 Å². The molecule has 0 aliphatic rings. The van der Waals surface area contributed by atoms with Gasteiger partial charge in [-0.1, -0.05) is 17.7 Å². The Balaban J connectivity index is 2.31. The molecule has 4 heteroatoms. The lowest BCUT2D eigenvalue weighted by atomic mass is 10.2. The van der Waals surface area contributed by atoms with E-state index in [1.54, 1.807) is 0 Å². The number of aryl methyl sites for hydroxylation is 2. The molecule has 0 spiro atoms. The van der Waals surface area contributed by atoms with Crippen molar-refractivity contribution in [3.63, 3.8) is 0 Å². The zero-order valence-electron chi connectivity index (χ0n) is 11.8. The van der Waals surface area contributed by atoms with Crippen LogP contribution in [0.2, 0.25) is 0 Å². The van der Waals surface area contributed by atoms with Crippen molar-refractivity contribution in [3.05, 3.63) is 41.2 Å². The van der Waals surface area contributed by atoms with Crippen LogP contribution in [-0.4, -0.2) is 16.5 Å². The third-order valence-corrected chi connectivity index (χ3v) is 2.79. The molecule has 1 aromatic heterocycles. The van der Waals surface area contributed by atoms with Gasteiger partial charge < -0.3 is 10.1 Å². The molecule has 19 heavy (non-hydrogen) atoms. The van der Waals surface area contributed by atoms with Gasteiger partial charge in [-0.25, -0.2) is 4.98 Å². The summed E-state index contributed by atoms with van der Waals surface area (Å²) in [6, 6.07) is 7.92. The van der Waals surface area contributed by atoms with Gasteiger partial charge in [-0.05, 0) is 39.8 Å². The van der Waals surface area contributed by atoms with Gasteiger partial charge in [-0.3, -0.25) is 0 Å². The van der Waals surface area contributed by atoms with Crippen LogP contribution < -0.4 is 10.1 Å². The maximum atomic E-state index is 5.84. The highest BCUT2D eigenvalue weighted by Crippen LogP contribution is 2.27. The van der Waals surface area contributed by atoms with Crippen molar-refractivity contribution in [2.45, 2.75) is 27.7 Å². The summed E-state index contributed by atoms with van der Waals surface area (Å²) in [5.74, 6) is 2.92. The summed E-state index contributed by atoms with van der Waals surface area (Å²) in [7, 11) is 0. The third-order valence-electron chi connectivity index (χ3n) is 2.79. The van der Waals surface area contributed by atoms with Crippen molar-refractivity contribution in [3.8, 4) is 11.6 Å². The van der Waals surface area contributed by atoms with E-state index in [-0.39, 0.29) is 0 Å². The first-order chi connectivity index (χ1) is 9.10. The molecule has 100 valence electrons. The van der Waals surface area contributed by atoms with E-state index in [0.717, 1.165) is 23.7 Å². The normalized spacial score (nSPS) is 10.3. The van der Waals surface area contributed by atoms with E-state index < -0.39 is 0 Å². The van der Waals surface area contributed by atoms with Crippen LogP contribution in [-0.2, 0) is 0 Å². The number of benzene rings is 1. The summed E-state index contributed by atoms with van der Waals surface area (Å²) < 4.78 is 5.84. The monoisotopic (exact) mass is 257 g/mol. The van der Waals surface area contributed by atoms with Crippen LogP contribution in [0.15, 0.2) is 24.3 Å². The lowest BCUT2D eigenvalue weighted by Crippen LogP contribution is -2.06. The van der Waals surface area contributed by atoms with E-state index in [9.17, 15) is 0 Å². The lowest BCUT2D eigenvalue weighted by molar-refractivity contribution is 0.456. The summed E-state index contributed by atoms with van der Waals surface area (Å²) in [5.41, 5.74) is 2.13. The molecule has 0 bridgehead atoms. The van der Waals surface area contributed by atoms with Crippen molar-refractivity contribution >= 4 is 5.82 Å². The van der Waals surface area contributed by atoms with E-state index in [4.69, 9.17) is 4.74 Å². The molecule has 0 aliphatic carbocycles. The second kappa shape index (κ2) is 5.69. The highest BCUT2D eigenvalue weighted by molar-refractivity contribution is 5.49. The van der Waals surface area contributed by atoms with Crippen LogP contribution in [0.1, 0.15) is 23.9 Å². The molecule has 2 rings (SSSR count). The van der Waals surface area contributed by atoms with E-state index in [2.05, 4.69) is 15.3 Å². The number of rotatable bonds is 4. The molecular formula is C15H19N3O. The third kappa shape index (κ3) is 3.22. The molecular weight excluding hydrogens is 238 g/mol. The Kier molecular flexibility index (Phi) is 4.00. The molecule has 0 radical (unpaired) electrons. The fraction of sp³-hybridized carbons (Fsp3) is 0.333. The molecule has 0 fully saturated rings. The van der Waals surface area contributed by atoms with Gasteiger partial charge in [0, 0.05) is 6.54 Å². The molecule has 0 amide bonds. The summed E-state index contributed by atoms with van der Waals surface area (Å²) in [4.78, 5) is 8.74. The minimum Gasteiger partial charge on any atom is -0.439 e. The molecule has 1 N–H and O–H groups in total. The van der Waals surface area contributed by atoms with E-state index >= 15 is 0 Å². The quantitative estimate of drug-likeness (QED) is 0.908. The Morgan fingerprint density at radius 3 is 2.37 bits per heavy atom. The van der Waals surface area contributed by atoms with Crippen LogP contribution in [0, 0.1) is 20.8 Å². The first-order valence-electron chi connectivity index (χ1n) is 6.43. The van der Waals surface area contributed by atoms with E-state index in [1.165, 1.54) is 5.56 Å². The molecule has 1 aromatic carbocycles. The van der Waals surface area contributed by atoms with Crippen molar-refractivity contribution in [1.29, 1.82) is 0 Å². The van der Waals surface area contributed by atoms with Crippen LogP contribution in [0.4, 0.5) is 5.82 Å². The van der Waals surface area contributed by atoms with Crippen LogP contribution in [0.3, 0.4) is 0 Å². The average Bonchev–Trinajstić information content (AvgIpc) is 2.38. The summed E-state index contributed by atoms with van der Waals surface area (Å²) >= 11 is 0. The number of hydrogen-bond donors (Lipinski definition) is 1. The minimum absolute atomic E-state index is 0.604. The second-order valence-electron chi connectivity index (χ2n) is 4.50. The highest BCUT2D eigenvalue weighted by atomic mass is 16.5. The number of anilines is 1. The topological polar surface area (TPSA) is 47.0 Å². The smallest absolute Gasteiger partial charge is 0.227 e. The first-order valence-corrected chi connectivity index (χ1v) is 6.43. The first kappa shape index (κ1) is 13.3. The number of hydrogen-bond acceptors (Lipinski definition) is 4. The molecule has 0 saturated carbocycles. The molecule has 0 atom stereocenters. The maximum Gasteiger partial charge on any atom is 0.227 e. The van der Waals surface area contributed by atoms with Gasteiger partial charge >= 0.3 is 0 Å². The molecule has 0 aliphatic heterocycles. The number of ether oxygens (including phenoxy) is 1. The second-order valence-corrected chi connectivity index (χ2v) is 4.50. The van der Waals surface area contributed by atoms with E-state index in [1.807, 2.05) is 52.0 Å². The molecule has 1 heterocycles. The van der Waals surface area contributed by atoms with Gasteiger partial charge in [0.15, 0.2) is 0 Å². The van der Waals surface area contributed by atoms with Crippen LogP contribution >= 0.6 is 0 Å². The largest absolute Gasteiger partial charge is 0.439 e. The van der Waals surface area contributed by atoms with Crippen molar-refractivity contribution in [2.24, 2.45) is 0 Å². The zero-order chi connectivity index (χ0) is 13.8. The summed E-state index contributed by atoms with van der Waals surface area (Å²) in [6.07, 6.45) is 0. The number of nitrogens with zero attached hydrogens (tertiary/aromatic N) is 2. The van der Waals surface area contributed by atoms with Gasteiger partial charge in [-0.15, -0.1) is 0 Å². The van der Waals surface area contributed by atoms with Crippen LogP contribution in [0.25, 0.3) is 0 Å². The fourth-order valence-electron chi connectivity index (χ4n) is 1.76. The Morgan fingerprint density at radius 2 is 1.74 bits per heavy atom. The van der Waals surface area contributed by atoms with E-state index in [0.29, 0.717) is 11.7 Å². The van der Waals surface area contributed by atoms with Crippen molar-refractivity contribution in [2.75, 3.05) is 11.9 Å². The Labute approximate surface area is 113 Å². The average molecular weight is 257 g/mol. The Morgan fingerprint density at radius 1 is 1.05 bits per heavy atom. The Bertz CT molecular complexity index is 564. The standard InChI is InChI=1S/C15H19N3O/c1-5-16-14-11(3)15(18-12(4)17-14)19-13-8-6-10(2)7-9-13/h6-9H,5H2,1-4H3,(H,16,17,18). The zero-order valence-corrected chi connectivity index (χ0v) is 11.8. The molecule has 2 aromatic rings. The summed E-state index contributed by atoms with van der Waals surface area (Å²) in [6.45, 7) is 8.73. The van der Waals surface area contributed by atoms with Crippen molar-refractivity contribution < 1.29 is 4.74 Å². The van der Waals surface area contributed by atoms with Gasteiger partial charge in [0.2, 0.25) is 5.88 Å². The highest BCUT2D eigenvalue weighted by Gasteiger charge is 2.10.